The van der Waals surface area contributed by atoms with Gasteiger partial charge in [-0.3, -0.25) is 0 Å². The molecule has 0 saturated carbocycles. The first-order chi connectivity index (χ1) is 9.40. The third kappa shape index (κ3) is 3.26. The molecule has 0 unspecified atom stereocenters. The van der Waals surface area contributed by atoms with Gasteiger partial charge >= 0.3 is 5.97 Å². The van der Waals surface area contributed by atoms with Crippen LogP contribution >= 0.6 is 15.9 Å². The Kier molecular flexibility index (Phi) is 4.25. The van der Waals surface area contributed by atoms with Crippen LogP contribution in [0.3, 0.4) is 0 Å². The van der Waals surface area contributed by atoms with Crippen molar-refractivity contribution in [3.8, 4) is 0 Å². The molecule has 0 bridgehead atoms. The van der Waals surface area contributed by atoms with Crippen LogP contribution in [0.15, 0.2) is 57.9 Å². The zero-order valence-electron chi connectivity index (χ0n) is 10.3. The molecule has 0 aliphatic rings. The zero-order chi connectivity index (χ0) is 14.8. The second-order valence-electron chi connectivity index (χ2n) is 4.19. The van der Waals surface area contributed by atoms with E-state index in [1.807, 2.05) is 0 Å². The first-order valence-electron chi connectivity index (χ1n) is 5.70. The number of rotatable bonds is 4. The van der Waals surface area contributed by atoms with Crippen molar-refractivity contribution in [3.63, 3.8) is 0 Å². The van der Waals surface area contributed by atoms with Crippen molar-refractivity contribution in [1.29, 1.82) is 0 Å². The fourth-order valence-corrected chi connectivity index (χ4v) is 4.20. The van der Waals surface area contributed by atoms with E-state index in [2.05, 4.69) is 15.9 Å². The van der Waals surface area contributed by atoms with Gasteiger partial charge in [-0.25, -0.2) is 13.2 Å². The van der Waals surface area contributed by atoms with Gasteiger partial charge in [0.1, 0.15) is 0 Å². The number of aromatic carboxylic acids is 1. The number of carboxylic acid groups (broad SMARTS) is 1. The number of carboxylic acids is 1. The van der Waals surface area contributed by atoms with E-state index in [9.17, 15) is 13.2 Å². The molecule has 0 fully saturated rings. The van der Waals surface area contributed by atoms with Crippen LogP contribution in [0.1, 0.15) is 15.9 Å². The Morgan fingerprint density at radius 1 is 1.05 bits per heavy atom. The summed E-state index contributed by atoms with van der Waals surface area (Å²) < 4.78 is 25.1. The summed E-state index contributed by atoms with van der Waals surface area (Å²) in [5, 5.41) is 8.80. The normalized spacial score (nSPS) is 11.2. The van der Waals surface area contributed by atoms with Gasteiger partial charge < -0.3 is 5.11 Å². The summed E-state index contributed by atoms with van der Waals surface area (Å²) in [6.07, 6.45) is 0. The Bertz CT molecular complexity index is 736. The van der Waals surface area contributed by atoms with Crippen molar-refractivity contribution in [1.82, 2.24) is 0 Å². The van der Waals surface area contributed by atoms with Crippen LogP contribution in [-0.2, 0) is 15.6 Å². The number of carbonyl (C=O) groups is 1. The molecule has 0 aromatic heterocycles. The molecule has 104 valence electrons. The first kappa shape index (κ1) is 14.7. The van der Waals surface area contributed by atoms with Gasteiger partial charge in [0.15, 0.2) is 9.84 Å². The van der Waals surface area contributed by atoms with E-state index in [-0.39, 0.29) is 16.2 Å². The Hall–Kier alpha value is -1.66. The Morgan fingerprint density at radius 2 is 1.65 bits per heavy atom. The van der Waals surface area contributed by atoms with Gasteiger partial charge in [0.2, 0.25) is 0 Å². The van der Waals surface area contributed by atoms with Crippen LogP contribution in [0.25, 0.3) is 0 Å². The fourth-order valence-electron chi connectivity index (χ4n) is 1.74. The van der Waals surface area contributed by atoms with Gasteiger partial charge in [-0.15, -0.1) is 0 Å². The number of halogens is 1. The van der Waals surface area contributed by atoms with Gasteiger partial charge in [0, 0.05) is 4.47 Å². The van der Waals surface area contributed by atoms with Crippen molar-refractivity contribution in [2.24, 2.45) is 0 Å². The lowest BCUT2D eigenvalue weighted by atomic mass is 10.1. The molecule has 0 amide bonds. The molecule has 2 aromatic carbocycles. The molecule has 6 heteroatoms. The topological polar surface area (TPSA) is 71.4 Å². The molecule has 0 spiro atoms. The van der Waals surface area contributed by atoms with Crippen LogP contribution in [0.5, 0.6) is 0 Å². The number of hydrogen-bond acceptors (Lipinski definition) is 3. The van der Waals surface area contributed by atoms with Crippen molar-refractivity contribution in [2.75, 3.05) is 0 Å². The molecule has 0 heterocycles. The summed E-state index contributed by atoms with van der Waals surface area (Å²) in [4.78, 5) is 11.0. The van der Waals surface area contributed by atoms with Crippen LogP contribution in [0.4, 0.5) is 0 Å². The molecule has 0 saturated heterocycles. The number of benzene rings is 2. The molecule has 0 aliphatic carbocycles. The van der Waals surface area contributed by atoms with Gasteiger partial charge in [0.25, 0.3) is 0 Å². The highest BCUT2D eigenvalue weighted by atomic mass is 79.9. The number of hydrogen-bond donors (Lipinski definition) is 1. The SMILES string of the molecule is O=C(O)c1ccc(CS(=O)(=O)c2ccccc2Br)cc1. The largest absolute Gasteiger partial charge is 0.478 e. The molecule has 1 N–H and O–H groups in total. The van der Waals surface area contributed by atoms with Gasteiger partial charge in [-0.1, -0.05) is 24.3 Å². The first-order valence-corrected chi connectivity index (χ1v) is 8.14. The quantitative estimate of drug-likeness (QED) is 0.915. The minimum absolute atomic E-state index is 0.132. The van der Waals surface area contributed by atoms with Crippen LogP contribution in [0, 0.1) is 0 Å². The van der Waals surface area contributed by atoms with Gasteiger partial charge in [-0.2, -0.15) is 0 Å². The average molecular weight is 355 g/mol. The molecule has 4 nitrogen and oxygen atoms in total. The molecule has 2 aromatic rings. The average Bonchev–Trinajstić information content (AvgIpc) is 2.39. The van der Waals surface area contributed by atoms with E-state index in [4.69, 9.17) is 5.11 Å². The fraction of sp³-hybridized carbons (Fsp3) is 0.0714. The third-order valence-corrected chi connectivity index (χ3v) is 5.42. The molecular formula is C14H11BrO4S. The van der Waals surface area contributed by atoms with Crippen LogP contribution in [0.2, 0.25) is 0 Å². The Labute approximate surface area is 125 Å². The predicted octanol–water partition coefficient (Wildman–Crippen LogP) is 3.12. The minimum atomic E-state index is -3.47. The van der Waals surface area contributed by atoms with E-state index in [0.717, 1.165) is 0 Å². The lowest BCUT2D eigenvalue weighted by molar-refractivity contribution is 0.0697. The van der Waals surface area contributed by atoms with Gasteiger partial charge in [0.05, 0.1) is 16.2 Å². The summed E-state index contributed by atoms with van der Waals surface area (Å²) >= 11 is 3.22. The monoisotopic (exact) mass is 354 g/mol. The Morgan fingerprint density at radius 3 is 2.20 bits per heavy atom. The maximum absolute atomic E-state index is 12.3. The summed E-state index contributed by atoms with van der Waals surface area (Å²) in [6.45, 7) is 0. The van der Waals surface area contributed by atoms with Crippen molar-refractivity contribution in [3.05, 3.63) is 64.1 Å². The molecular weight excluding hydrogens is 344 g/mol. The maximum atomic E-state index is 12.3. The van der Waals surface area contributed by atoms with Crippen molar-refractivity contribution in [2.45, 2.75) is 10.6 Å². The van der Waals surface area contributed by atoms with E-state index >= 15 is 0 Å². The molecule has 0 atom stereocenters. The minimum Gasteiger partial charge on any atom is -0.478 e. The lowest BCUT2D eigenvalue weighted by Gasteiger charge is -2.07. The van der Waals surface area contributed by atoms with Crippen LogP contribution < -0.4 is 0 Å². The van der Waals surface area contributed by atoms with Crippen molar-refractivity contribution >= 4 is 31.7 Å². The lowest BCUT2D eigenvalue weighted by Crippen LogP contribution is -2.06. The second kappa shape index (κ2) is 5.76. The molecule has 2 rings (SSSR count). The summed E-state index contributed by atoms with van der Waals surface area (Å²) in [5.41, 5.74) is 0.679. The molecule has 20 heavy (non-hydrogen) atoms. The molecule has 0 aliphatic heterocycles. The zero-order valence-corrected chi connectivity index (χ0v) is 12.7. The number of sulfone groups is 1. The third-order valence-electron chi connectivity index (χ3n) is 2.73. The highest BCUT2D eigenvalue weighted by Crippen LogP contribution is 2.24. The molecule has 0 radical (unpaired) electrons. The van der Waals surface area contributed by atoms with Crippen molar-refractivity contribution < 1.29 is 18.3 Å². The van der Waals surface area contributed by atoms with Crippen LogP contribution in [-0.4, -0.2) is 19.5 Å². The standard InChI is InChI=1S/C14H11BrO4S/c15-12-3-1-2-4-13(12)20(18,19)9-10-5-7-11(8-6-10)14(16)17/h1-8H,9H2,(H,16,17). The summed E-state index contributed by atoms with van der Waals surface area (Å²) in [6, 6.07) is 12.4. The summed E-state index contributed by atoms with van der Waals surface area (Å²) in [7, 11) is -3.47. The second-order valence-corrected chi connectivity index (χ2v) is 7.00. The van der Waals surface area contributed by atoms with Gasteiger partial charge in [-0.05, 0) is 45.8 Å². The van der Waals surface area contributed by atoms with E-state index in [1.54, 1.807) is 18.2 Å². The highest BCUT2D eigenvalue weighted by Gasteiger charge is 2.18. The Balaban J connectivity index is 2.29. The highest BCUT2D eigenvalue weighted by molar-refractivity contribution is 9.10. The predicted molar refractivity (Wildman–Crippen MR) is 78.4 cm³/mol. The van der Waals surface area contributed by atoms with E-state index in [0.29, 0.717) is 10.0 Å². The maximum Gasteiger partial charge on any atom is 0.335 e. The van der Waals surface area contributed by atoms with E-state index < -0.39 is 15.8 Å². The van der Waals surface area contributed by atoms with E-state index in [1.165, 1.54) is 30.3 Å². The summed E-state index contributed by atoms with van der Waals surface area (Å²) in [5.74, 6) is -1.21. The smallest absolute Gasteiger partial charge is 0.335 e.